The van der Waals surface area contributed by atoms with E-state index in [9.17, 15) is 9.59 Å². The van der Waals surface area contributed by atoms with Crippen molar-refractivity contribution in [2.24, 2.45) is 5.92 Å². The molecule has 2 amide bonds. The van der Waals surface area contributed by atoms with Crippen LogP contribution in [0.2, 0.25) is 0 Å². The standard InChI is InChI=1S/C19H27N3O3/c1-3-20-14-15(13-18(20)23)19(24)22-11-9-21(10-12-22)16-7-5-6-8-17(16)25-4-2/h5-8,15H,3-4,9-14H2,1-2H3. The Morgan fingerprint density at radius 1 is 1.16 bits per heavy atom. The number of carbonyl (C=O) groups excluding carboxylic acids is 2. The van der Waals surface area contributed by atoms with Crippen molar-refractivity contribution in [3.05, 3.63) is 24.3 Å². The summed E-state index contributed by atoms with van der Waals surface area (Å²) < 4.78 is 5.72. The van der Waals surface area contributed by atoms with E-state index in [1.54, 1.807) is 4.90 Å². The van der Waals surface area contributed by atoms with Gasteiger partial charge in [-0.3, -0.25) is 9.59 Å². The topological polar surface area (TPSA) is 53.1 Å². The molecule has 1 unspecified atom stereocenters. The van der Waals surface area contributed by atoms with Crippen molar-refractivity contribution in [2.75, 3.05) is 50.8 Å². The van der Waals surface area contributed by atoms with Gasteiger partial charge in [0.05, 0.1) is 18.2 Å². The number of para-hydroxylation sites is 2. The van der Waals surface area contributed by atoms with Crippen LogP contribution in [0, 0.1) is 5.92 Å². The van der Waals surface area contributed by atoms with Crippen LogP contribution in [-0.2, 0) is 9.59 Å². The van der Waals surface area contributed by atoms with E-state index >= 15 is 0 Å². The molecule has 136 valence electrons. The Balaban J connectivity index is 1.59. The second-order valence-electron chi connectivity index (χ2n) is 6.55. The monoisotopic (exact) mass is 345 g/mol. The first kappa shape index (κ1) is 17.6. The largest absolute Gasteiger partial charge is 0.492 e. The molecule has 1 atom stereocenters. The van der Waals surface area contributed by atoms with Gasteiger partial charge < -0.3 is 19.4 Å². The highest BCUT2D eigenvalue weighted by atomic mass is 16.5. The Labute approximate surface area is 149 Å². The molecule has 2 aliphatic rings. The fraction of sp³-hybridized carbons (Fsp3) is 0.579. The smallest absolute Gasteiger partial charge is 0.228 e. The molecule has 2 heterocycles. The number of ether oxygens (including phenoxy) is 1. The summed E-state index contributed by atoms with van der Waals surface area (Å²) in [6, 6.07) is 8.04. The highest BCUT2D eigenvalue weighted by Gasteiger charge is 2.36. The Kier molecular flexibility index (Phi) is 5.46. The number of hydrogen-bond acceptors (Lipinski definition) is 4. The van der Waals surface area contributed by atoms with Crippen molar-refractivity contribution >= 4 is 17.5 Å². The lowest BCUT2D eigenvalue weighted by Crippen LogP contribution is -2.50. The Morgan fingerprint density at radius 3 is 2.52 bits per heavy atom. The summed E-state index contributed by atoms with van der Waals surface area (Å²) in [6.07, 6.45) is 0.361. The van der Waals surface area contributed by atoms with Gasteiger partial charge in [-0.1, -0.05) is 12.1 Å². The number of nitrogens with zero attached hydrogens (tertiary/aromatic N) is 3. The third-order valence-electron chi connectivity index (χ3n) is 5.04. The second kappa shape index (κ2) is 7.76. The quantitative estimate of drug-likeness (QED) is 0.813. The van der Waals surface area contributed by atoms with Gasteiger partial charge in [-0.25, -0.2) is 0 Å². The lowest BCUT2D eigenvalue weighted by atomic mass is 10.1. The predicted octanol–water partition coefficient (Wildman–Crippen LogP) is 1.60. The first-order valence-electron chi connectivity index (χ1n) is 9.17. The molecule has 0 radical (unpaired) electrons. The highest BCUT2D eigenvalue weighted by molar-refractivity contribution is 5.89. The van der Waals surface area contributed by atoms with Crippen LogP contribution in [0.3, 0.4) is 0 Å². The average Bonchev–Trinajstić information content (AvgIpc) is 3.03. The molecule has 0 spiro atoms. The zero-order valence-electron chi connectivity index (χ0n) is 15.1. The van der Waals surface area contributed by atoms with Crippen LogP contribution < -0.4 is 9.64 Å². The summed E-state index contributed by atoms with van der Waals surface area (Å²) in [5.41, 5.74) is 1.09. The minimum absolute atomic E-state index is 0.102. The number of amides is 2. The second-order valence-corrected chi connectivity index (χ2v) is 6.55. The molecule has 2 saturated heterocycles. The molecule has 0 aliphatic carbocycles. The summed E-state index contributed by atoms with van der Waals surface area (Å²) in [6.45, 7) is 8.79. The Morgan fingerprint density at radius 2 is 1.88 bits per heavy atom. The molecule has 2 aliphatic heterocycles. The van der Waals surface area contributed by atoms with Crippen LogP contribution >= 0.6 is 0 Å². The molecular weight excluding hydrogens is 318 g/mol. The summed E-state index contributed by atoms with van der Waals surface area (Å²) in [5, 5.41) is 0. The molecule has 6 nitrogen and oxygen atoms in total. The van der Waals surface area contributed by atoms with Gasteiger partial charge in [-0.2, -0.15) is 0 Å². The minimum Gasteiger partial charge on any atom is -0.492 e. The van der Waals surface area contributed by atoms with Gasteiger partial charge in [0, 0.05) is 45.7 Å². The van der Waals surface area contributed by atoms with Gasteiger partial charge in [0.1, 0.15) is 5.75 Å². The number of piperazine rings is 1. The maximum atomic E-state index is 12.7. The fourth-order valence-corrected chi connectivity index (χ4v) is 3.67. The van der Waals surface area contributed by atoms with Gasteiger partial charge >= 0.3 is 0 Å². The highest BCUT2D eigenvalue weighted by Crippen LogP contribution is 2.29. The molecule has 0 saturated carbocycles. The van der Waals surface area contributed by atoms with Gasteiger partial charge in [-0.15, -0.1) is 0 Å². The van der Waals surface area contributed by atoms with E-state index < -0.39 is 0 Å². The summed E-state index contributed by atoms with van der Waals surface area (Å²) in [5.74, 6) is 0.951. The van der Waals surface area contributed by atoms with E-state index in [1.165, 1.54) is 0 Å². The number of hydrogen-bond donors (Lipinski definition) is 0. The van der Waals surface area contributed by atoms with Crippen molar-refractivity contribution in [3.8, 4) is 5.75 Å². The third-order valence-corrected chi connectivity index (χ3v) is 5.04. The first-order chi connectivity index (χ1) is 12.1. The predicted molar refractivity (Wildman–Crippen MR) is 96.8 cm³/mol. The maximum Gasteiger partial charge on any atom is 0.228 e. The molecule has 6 heteroatoms. The minimum atomic E-state index is -0.172. The van der Waals surface area contributed by atoms with E-state index in [0.29, 0.717) is 39.2 Å². The number of likely N-dealkylation sites (tertiary alicyclic amines) is 1. The number of carbonyl (C=O) groups is 2. The Bertz CT molecular complexity index is 626. The van der Waals surface area contributed by atoms with Crippen LogP contribution in [0.1, 0.15) is 20.3 Å². The first-order valence-corrected chi connectivity index (χ1v) is 9.17. The molecule has 0 bridgehead atoms. The summed E-state index contributed by atoms with van der Waals surface area (Å²) >= 11 is 0. The van der Waals surface area contributed by atoms with Gasteiger partial charge in [0.15, 0.2) is 0 Å². The molecule has 1 aromatic carbocycles. The van der Waals surface area contributed by atoms with Crippen molar-refractivity contribution in [1.82, 2.24) is 9.80 Å². The van der Waals surface area contributed by atoms with Crippen LogP contribution in [-0.4, -0.2) is 67.5 Å². The van der Waals surface area contributed by atoms with Gasteiger partial charge in [-0.05, 0) is 26.0 Å². The van der Waals surface area contributed by atoms with Crippen LogP contribution in [0.25, 0.3) is 0 Å². The normalized spacial score (nSPS) is 21.0. The maximum absolute atomic E-state index is 12.7. The zero-order chi connectivity index (χ0) is 17.8. The van der Waals surface area contributed by atoms with Crippen molar-refractivity contribution in [1.29, 1.82) is 0 Å². The van der Waals surface area contributed by atoms with E-state index in [4.69, 9.17) is 4.74 Å². The van der Waals surface area contributed by atoms with E-state index in [0.717, 1.165) is 24.5 Å². The lowest BCUT2D eigenvalue weighted by Gasteiger charge is -2.37. The molecular formula is C19H27N3O3. The van der Waals surface area contributed by atoms with Gasteiger partial charge in [0.2, 0.25) is 11.8 Å². The lowest BCUT2D eigenvalue weighted by molar-refractivity contribution is -0.136. The van der Waals surface area contributed by atoms with E-state index in [1.807, 2.05) is 36.9 Å². The van der Waals surface area contributed by atoms with Gasteiger partial charge in [0.25, 0.3) is 0 Å². The van der Waals surface area contributed by atoms with Crippen LogP contribution in [0.5, 0.6) is 5.75 Å². The van der Waals surface area contributed by atoms with Crippen molar-refractivity contribution < 1.29 is 14.3 Å². The SMILES string of the molecule is CCOc1ccccc1N1CCN(C(=O)C2CC(=O)N(CC)C2)CC1. The number of benzene rings is 1. The number of rotatable bonds is 5. The fourth-order valence-electron chi connectivity index (χ4n) is 3.67. The van der Waals surface area contributed by atoms with Crippen LogP contribution in [0.15, 0.2) is 24.3 Å². The zero-order valence-corrected chi connectivity index (χ0v) is 15.1. The van der Waals surface area contributed by atoms with Crippen LogP contribution in [0.4, 0.5) is 5.69 Å². The molecule has 25 heavy (non-hydrogen) atoms. The molecule has 1 aromatic rings. The Hall–Kier alpha value is -2.24. The van der Waals surface area contributed by atoms with E-state index in [2.05, 4.69) is 11.0 Å². The summed E-state index contributed by atoms with van der Waals surface area (Å²) in [7, 11) is 0. The molecule has 3 rings (SSSR count). The third kappa shape index (κ3) is 3.72. The van der Waals surface area contributed by atoms with E-state index in [-0.39, 0.29) is 17.7 Å². The molecule has 0 N–H and O–H groups in total. The van der Waals surface area contributed by atoms with Crippen molar-refractivity contribution in [2.45, 2.75) is 20.3 Å². The molecule has 2 fully saturated rings. The van der Waals surface area contributed by atoms with Crippen molar-refractivity contribution in [3.63, 3.8) is 0 Å². The average molecular weight is 345 g/mol. The molecule has 0 aromatic heterocycles. The number of anilines is 1. The summed E-state index contributed by atoms with van der Waals surface area (Å²) in [4.78, 5) is 30.6.